The second-order valence-electron chi connectivity index (χ2n) is 8.25. The molecule has 2 aliphatic rings. The molecule has 1 saturated carbocycles. The van der Waals surface area contributed by atoms with E-state index in [1.54, 1.807) is 12.1 Å². The van der Waals surface area contributed by atoms with E-state index in [1.807, 2.05) is 35.2 Å². The van der Waals surface area contributed by atoms with Crippen LogP contribution in [0.4, 0.5) is 11.4 Å². The first-order valence-corrected chi connectivity index (χ1v) is 11.1. The molecule has 0 spiro atoms. The van der Waals surface area contributed by atoms with Crippen molar-refractivity contribution in [2.75, 3.05) is 23.4 Å². The van der Waals surface area contributed by atoms with Gasteiger partial charge in [0.2, 0.25) is 5.91 Å². The Labute approximate surface area is 178 Å². The van der Waals surface area contributed by atoms with Crippen molar-refractivity contribution in [1.82, 2.24) is 0 Å². The van der Waals surface area contributed by atoms with Crippen molar-refractivity contribution >= 4 is 23.2 Å². The second kappa shape index (κ2) is 9.33. The summed E-state index contributed by atoms with van der Waals surface area (Å²) in [6.45, 7) is 3.55. The molecule has 1 heterocycles. The fourth-order valence-electron chi connectivity index (χ4n) is 4.32. The largest absolute Gasteiger partial charge is 0.494 e. The van der Waals surface area contributed by atoms with Gasteiger partial charge in [-0.25, -0.2) is 0 Å². The molecule has 0 aromatic heterocycles. The Bertz CT molecular complexity index is 901. The first kappa shape index (κ1) is 20.5. The number of fused-ring (bicyclic) bond motifs is 1. The minimum absolute atomic E-state index is 0.159. The predicted octanol–water partition coefficient (Wildman–Crippen LogP) is 5.20. The highest BCUT2D eigenvalue weighted by atomic mass is 16.5. The van der Waals surface area contributed by atoms with Crippen molar-refractivity contribution in [1.29, 1.82) is 0 Å². The molecule has 1 N–H and O–H groups in total. The summed E-state index contributed by atoms with van der Waals surface area (Å²) >= 11 is 0. The number of ether oxygens (including phenoxy) is 1. The Balaban J connectivity index is 1.42. The predicted molar refractivity (Wildman–Crippen MR) is 119 cm³/mol. The molecule has 2 amide bonds. The summed E-state index contributed by atoms with van der Waals surface area (Å²) in [5, 5.41) is 2.97. The SMILES string of the molecule is CCCCOc1ccc(C(=O)Nc2ccc3c(c2)N(C(=O)C2CCCC2)CC3)cc1. The summed E-state index contributed by atoms with van der Waals surface area (Å²) in [5.74, 6) is 1.01. The van der Waals surface area contributed by atoms with E-state index < -0.39 is 0 Å². The number of unbranched alkanes of at least 4 members (excludes halogenated alkanes) is 1. The molecule has 0 unspecified atom stereocenters. The van der Waals surface area contributed by atoms with Gasteiger partial charge in [0.15, 0.2) is 0 Å². The van der Waals surface area contributed by atoms with Crippen LogP contribution in [0.15, 0.2) is 42.5 Å². The molecule has 5 heteroatoms. The van der Waals surface area contributed by atoms with Gasteiger partial charge in [-0.05, 0) is 67.6 Å². The first-order chi connectivity index (χ1) is 14.7. The number of nitrogens with one attached hydrogen (secondary N) is 1. The van der Waals surface area contributed by atoms with Gasteiger partial charge in [0.1, 0.15) is 5.75 Å². The van der Waals surface area contributed by atoms with Crippen molar-refractivity contribution in [2.45, 2.75) is 51.9 Å². The third-order valence-electron chi connectivity index (χ3n) is 6.09. The van der Waals surface area contributed by atoms with E-state index in [4.69, 9.17) is 4.74 Å². The Morgan fingerprint density at radius 3 is 2.60 bits per heavy atom. The number of hydrogen-bond donors (Lipinski definition) is 1. The molecule has 2 aromatic rings. The zero-order chi connectivity index (χ0) is 20.9. The van der Waals surface area contributed by atoms with Crippen LogP contribution in [0.3, 0.4) is 0 Å². The lowest BCUT2D eigenvalue weighted by Gasteiger charge is -2.21. The Morgan fingerprint density at radius 2 is 1.87 bits per heavy atom. The molecule has 4 rings (SSSR count). The van der Waals surface area contributed by atoms with Crippen molar-refractivity contribution in [3.8, 4) is 5.75 Å². The van der Waals surface area contributed by atoms with E-state index in [1.165, 1.54) is 5.56 Å². The summed E-state index contributed by atoms with van der Waals surface area (Å²) < 4.78 is 5.66. The highest BCUT2D eigenvalue weighted by Gasteiger charge is 2.32. The average Bonchev–Trinajstić information content (AvgIpc) is 3.44. The van der Waals surface area contributed by atoms with Gasteiger partial charge in [-0.1, -0.05) is 32.3 Å². The summed E-state index contributed by atoms with van der Waals surface area (Å²) in [4.78, 5) is 27.5. The fourth-order valence-corrected chi connectivity index (χ4v) is 4.32. The van der Waals surface area contributed by atoms with Crippen LogP contribution in [-0.4, -0.2) is 25.0 Å². The van der Waals surface area contributed by atoms with Gasteiger partial charge in [0.05, 0.1) is 6.61 Å². The molecule has 5 nitrogen and oxygen atoms in total. The number of hydrogen-bond acceptors (Lipinski definition) is 3. The highest BCUT2D eigenvalue weighted by molar-refractivity contribution is 6.05. The molecule has 1 fully saturated rings. The minimum atomic E-state index is -0.165. The number of carbonyl (C=O) groups excluding carboxylic acids is 2. The van der Waals surface area contributed by atoms with Crippen molar-refractivity contribution in [2.24, 2.45) is 5.92 Å². The molecule has 0 radical (unpaired) electrons. The fraction of sp³-hybridized carbons (Fsp3) is 0.440. The quantitative estimate of drug-likeness (QED) is 0.643. The van der Waals surface area contributed by atoms with Crippen molar-refractivity contribution in [3.63, 3.8) is 0 Å². The van der Waals surface area contributed by atoms with Gasteiger partial charge in [0, 0.05) is 29.4 Å². The van der Waals surface area contributed by atoms with Crippen LogP contribution in [0.5, 0.6) is 5.75 Å². The number of anilines is 2. The van der Waals surface area contributed by atoms with Gasteiger partial charge in [-0.2, -0.15) is 0 Å². The van der Waals surface area contributed by atoms with Gasteiger partial charge >= 0.3 is 0 Å². The molecular formula is C25H30N2O3. The number of nitrogens with zero attached hydrogens (tertiary/aromatic N) is 1. The van der Waals surface area contributed by atoms with Crippen LogP contribution in [0.25, 0.3) is 0 Å². The third-order valence-corrected chi connectivity index (χ3v) is 6.09. The monoisotopic (exact) mass is 406 g/mol. The van der Waals surface area contributed by atoms with Crippen LogP contribution in [0.2, 0.25) is 0 Å². The zero-order valence-electron chi connectivity index (χ0n) is 17.7. The number of rotatable bonds is 7. The maximum Gasteiger partial charge on any atom is 0.255 e. The smallest absolute Gasteiger partial charge is 0.255 e. The van der Waals surface area contributed by atoms with E-state index in [0.29, 0.717) is 17.9 Å². The molecule has 0 atom stereocenters. The summed E-state index contributed by atoms with van der Waals surface area (Å²) in [6, 6.07) is 13.1. The average molecular weight is 407 g/mol. The number of amides is 2. The molecular weight excluding hydrogens is 376 g/mol. The normalized spacial score (nSPS) is 15.8. The minimum Gasteiger partial charge on any atom is -0.494 e. The highest BCUT2D eigenvalue weighted by Crippen LogP contribution is 2.35. The van der Waals surface area contributed by atoms with Crippen LogP contribution >= 0.6 is 0 Å². The van der Waals surface area contributed by atoms with E-state index in [-0.39, 0.29) is 17.7 Å². The topological polar surface area (TPSA) is 58.6 Å². The molecule has 1 aliphatic carbocycles. The zero-order valence-corrected chi connectivity index (χ0v) is 17.7. The van der Waals surface area contributed by atoms with Crippen LogP contribution in [0, 0.1) is 5.92 Å². The second-order valence-corrected chi connectivity index (χ2v) is 8.25. The summed E-state index contributed by atoms with van der Waals surface area (Å²) in [7, 11) is 0. The first-order valence-electron chi connectivity index (χ1n) is 11.1. The molecule has 158 valence electrons. The molecule has 0 bridgehead atoms. The van der Waals surface area contributed by atoms with E-state index >= 15 is 0 Å². The molecule has 1 aliphatic heterocycles. The maximum atomic E-state index is 12.9. The van der Waals surface area contributed by atoms with E-state index in [2.05, 4.69) is 12.2 Å². The van der Waals surface area contributed by atoms with Crippen LogP contribution < -0.4 is 15.0 Å². The molecule has 0 saturated heterocycles. The van der Waals surface area contributed by atoms with Crippen LogP contribution in [-0.2, 0) is 11.2 Å². The lowest BCUT2D eigenvalue weighted by atomic mass is 10.1. The lowest BCUT2D eigenvalue weighted by Crippen LogP contribution is -2.33. The van der Waals surface area contributed by atoms with Crippen molar-refractivity contribution < 1.29 is 14.3 Å². The Hall–Kier alpha value is -2.82. The Kier molecular flexibility index (Phi) is 6.36. The lowest BCUT2D eigenvalue weighted by molar-refractivity contribution is -0.122. The molecule has 2 aromatic carbocycles. The van der Waals surface area contributed by atoms with Crippen LogP contribution in [0.1, 0.15) is 61.4 Å². The van der Waals surface area contributed by atoms with E-state index in [0.717, 1.165) is 62.9 Å². The summed E-state index contributed by atoms with van der Waals surface area (Å²) in [5.41, 5.74) is 3.42. The van der Waals surface area contributed by atoms with Gasteiger partial charge < -0.3 is 15.0 Å². The van der Waals surface area contributed by atoms with Crippen molar-refractivity contribution in [3.05, 3.63) is 53.6 Å². The standard InChI is InChI=1S/C25H30N2O3/c1-2-3-16-30-22-12-9-19(10-13-22)24(28)26-21-11-8-18-14-15-27(23(18)17-21)25(29)20-6-4-5-7-20/h8-13,17,20H,2-7,14-16H2,1H3,(H,26,28). The number of carbonyl (C=O) groups is 2. The van der Waals surface area contributed by atoms with Gasteiger partial charge in [0.25, 0.3) is 5.91 Å². The Morgan fingerprint density at radius 1 is 1.10 bits per heavy atom. The van der Waals surface area contributed by atoms with Gasteiger partial charge in [-0.3, -0.25) is 9.59 Å². The molecule has 30 heavy (non-hydrogen) atoms. The summed E-state index contributed by atoms with van der Waals surface area (Å²) in [6.07, 6.45) is 7.27. The van der Waals surface area contributed by atoms with Gasteiger partial charge in [-0.15, -0.1) is 0 Å². The number of benzene rings is 2. The van der Waals surface area contributed by atoms with E-state index in [9.17, 15) is 9.59 Å². The maximum absolute atomic E-state index is 12.9. The third kappa shape index (κ3) is 4.50.